The van der Waals surface area contributed by atoms with Crippen LogP contribution in [0.2, 0.25) is 0 Å². The molecule has 2 aliphatic rings. The van der Waals surface area contributed by atoms with Gasteiger partial charge < -0.3 is 20.9 Å². The number of nitrogens with two attached hydrogens (primary N) is 1. The molecule has 5 rings (SSSR count). The molecule has 32 heavy (non-hydrogen) atoms. The maximum absolute atomic E-state index is 13.6. The minimum Gasteiger partial charge on any atom is -0.495 e. The Kier molecular flexibility index (Phi) is 6.30. The standard InChI is InChI=1S/C18H20FN5O2.C5H11N/c1-18(2,25)16-15(11-7-6-10(19)17(20)21-11)24-13(22-16)8-12(26-3)14(23-24)9-4-5-9;1-2-4-6-5-3-1/h6-9,25H,4-5H2,1-3H3,(H2,20,21);6H,1-5H2. The number of nitrogen functional groups attached to an aromatic ring is 1. The van der Waals surface area contributed by atoms with Gasteiger partial charge in [-0.3, -0.25) is 0 Å². The van der Waals surface area contributed by atoms with Crippen LogP contribution in [0, 0.1) is 5.82 Å². The molecule has 0 bridgehead atoms. The predicted molar refractivity (Wildman–Crippen MR) is 121 cm³/mol. The van der Waals surface area contributed by atoms with Gasteiger partial charge in [-0.25, -0.2) is 18.9 Å². The van der Waals surface area contributed by atoms with Crippen molar-refractivity contribution >= 4 is 11.5 Å². The SMILES string of the molecule is C1CCNCC1.COc1cc2nc(C(C)(C)O)c(-c3ccc(F)c(N)n3)n2nc1C1CC1. The van der Waals surface area contributed by atoms with Crippen LogP contribution in [0.15, 0.2) is 18.2 Å². The molecule has 0 spiro atoms. The first-order valence-corrected chi connectivity index (χ1v) is 11.1. The number of pyridine rings is 1. The fourth-order valence-electron chi connectivity index (χ4n) is 3.82. The summed E-state index contributed by atoms with van der Waals surface area (Å²) in [6.45, 7) is 5.76. The normalized spacial score (nSPS) is 16.5. The van der Waals surface area contributed by atoms with Gasteiger partial charge >= 0.3 is 0 Å². The molecule has 1 saturated heterocycles. The molecule has 0 unspecified atom stereocenters. The topological polar surface area (TPSA) is 111 Å². The lowest BCUT2D eigenvalue weighted by atomic mass is 10.0. The average molecular weight is 443 g/mol. The van der Waals surface area contributed by atoms with Gasteiger partial charge in [-0.2, -0.15) is 5.10 Å². The van der Waals surface area contributed by atoms with E-state index in [1.807, 2.05) is 0 Å². The van der Waals surface area contributed by atoms with Crippen molar-refractivity contribution in [3.8, 4) is 17.1 Å². The summed E-state index contributed by atoms with van der Waals surface area (Å²) in [6, 6.07) is 4.55. The number of nitrogens with zero attached hydrogens (tertiary/aromatic N) is 4. The largest absolute Gasteiger partial charge is 0.495 e. The van der Waals surface area contributed by atoms with E-state index >= 15 is 0 Å². The summed E-state index contributed by atoms with van der Waals surface area (Å²) in [6.07, 6.45) is 6.32. The second-order valence-corrected chi connectivity index (χ2v) is 8.88. The van der Waals surface area contributed by atoms with Crippen LogP contribution in [0.4, 0.5) is 10.2 Å². The summed E-state index contributed by atoms with van der Waals surface area (Å²) in [4.78, 5) is 8.67. The van der Waals surface area contributed by atoms with Crippen LogP contribution in [0.5, 0.6) is 5.75 Å². The number of imidazole rings is 1. The average Bonchev–Trinajstić information content (AvgIpc) is 3.56. The lowest BCUT2D eigenvalue weighted by molar-refractivity contribution is 0.0750. The zero-order valence-electron chi connectivity index (χ0n) is 18.9. The number of rotatable bonds is 4. The molecule has 1 aliphatic carbocycles. The van der Waals surface area contributed by atoms with Crippen LogP contribution >= 0.6 is 0 Å². The van der Waals surface area contributed by atoms with Crippen LogP contribution in [-0.4, -0.2) is 44.9 Å². The number of fused-ring (bicyclic) bond motifs is 1. The fourth-order valence-corrected chi connectivity index (χ4v) is 3.82. The minimum absolute atomic E-state index is 0.213. The van der Waals surface area contributed by atoms with E-state index in [2.05, 4.69) is 15.3 Å². The Morgan fingerprint density at radius 3 is 2.41 bits per heavy atom. The molecule has 0 amide bonds. The third kappa shape index (κ3) is 4.68. The Balaban J connectivity index is 0.000000354. The van der Waals surface area contributed by atoms with E-state index in [-0.39, 0.29) is 5.82 Å². The molecule has 1 aliphatic heterocycles. The van der Waals surface area contributed by atoms with Gasteiger partial charge in [-0.05, 0) is 64.8 Å². The van der Waals surface area contributed by atoms with Gasteiger partial charge in [0.2, 0.25) is 0 Å². The molecule has 1 saturated carbocycles. The molecule has 0 aromatic carbocycles. The van der Waals surface area contributed by atoms with Gasteiger partial charge in [0.05, 0.1) is 12.8 Å². The second kappa shape index (κ2) is 8.99. The van der Waals surface area contributed by atoms with Gasteiger partial charge in [0.15, 0.2) is 17.3 Å². The molecule has 3 aromatic rings. The lowest BCUT2D eigenvalue weighted by Crippen LogP contribution is -2.21. The fraction of sp³-hybridized carbons (Fsp3) is 0.522. The highest BCUT2D eigenvalue weighted by atomic mass is 19.1. The quantitative estimate of drug-likeness (QED) is 0.568. The van der Waals surface area contributed by atoms with E-state index in [4.69, 9.17) is 15.6 Å². The minimum atomic E-state index is -1.25. The van der Waals surface area contributed by atoms with E-state index in [9.17, 15) is 9.50 Å². The van der Waals surface area contributed by atoms with Gasteiger partial charge in [0.1, 0.15) is 28.4 Å². The van der Waals surface area contributed by atoms with Crippen molar-refractivity contribution in [2.75, 3.05) is 25.9 Å². The Labute approximate surface area is 187 Å². The number of halogens is 1. The van der Waals surface area contributed by atoms with Crippen LogP contribution in [-0.2, 0) is 5.60 Å². The summed E-state index contributed by atoms with van der Waals surface area (Å²) in [5, 5.41) is 18.6. The first-order chi connectivity index (χ1) is 15.3. The first kappa shape index (κ1) is 22.4. The number of hydrogen-bond donors (Lipinski definition) is 3. The van der Waals surface area contributed by atoms with Gasteiger partial charge in [-0.1, -0.05) is 6.42 Å². The molecule has 2 fully saturated rings. The molecular formula is C23H31FN6O2. The Bertz CT molecular complexity index is 1090. The van der Waals surface area contributed by atoms with E-state index in [0.717, 1.165) is 18.5 Å². The summed E-state index contributed by atoms with van der Waals surface area (Å²) in [5.74, 6) is 0.211. The smallest absolute Gasteiger partial charge is 0.165 e. The highest BCUT2D eigenvalue weighted by molar-refractivity contribution is 5.67. The molecular weight excluding hydrogens is 411 g/mol. The zero-order chi connectivity index (χ0) is 22.9. The number of methoxy groups -OCH3 is 1. The molecule has 172 valence electrons. The third-order valence-corrected chi connectivity index (χ3v) is 5.69. The molecule has 4 heterocycles. The van der Waals surface area contributed by atoms with Crippen molar-refractivity contribution in [2.45, 2.75) is 57.5 Å². The zero-order valence-corrected chi connectivity index (χ0v) is 18.9. The number of piperidine rings is 1. The molecule has 4 N–H and O–H groups in total. The molecule has 0 atom stereocenters. The monoisotopic (exact) mass is 442 g/mol. The van der Waals surface area contributed by atoms with Gasteiger partial charge in [0, 0.05) is 12.0 Å². The summed E-state index contributed by atoms with van der Waals surface area (Å²) in [5.41, 5.74) is 7.03. The molecule has 8 nitrogen and oxygen atoms in total. The number of nitrogens with one attached hydrogen (secondary N) is 1. The van der Waals surface area contributed by atoms with Crippen molar-refractivity contribution in [2.24, 2.45) is 0 Å². The van der Waals surface area contributed by atoms with Crippen molar-refractivity contribution in [1.29, 1.82) is 0 Å². The van der Waals surface area contributed by atoms with E-state index in [0.29, 0.717) is 34.4 Å². The van der Waals surface area contributed by atoms with Gasteiger partial charge in [0.25, 0.3) is 0 Å². The maximum atomic E-state index is 13.6. The Morgan fingerprint density at radius 1 is 1.19 bits per heavy atom. The van der Waals surface area contributed by atoms with Crippen molar-refractivity contribution in [3.63, 3.8) is 0 Å². The van der Waals surface area contributed by atoms with E-state index < -0.39 is 11.4 Å². The second-order valence-electron chi connectivity index (χ2n) is 8.88. The third-order valence-electron chi connectivity index (χ3n) is 5.69. The van der Waals surface area contributed by atoms with Crippen LogP contribution < -0.4 is 15.8 Å². The lowest BCUT2D eigenvalue weighted by Gasteiger charge is -2.16. The van der Waals surface area contributed by atoms with Crippen LogP contribution in [0.1, 0.15) is 63.3 Å². The summed E-state index contributed by atoms with van der Waals surface area (Å²) in [7, 11) is 1.60. The van der Waals surface area contributed by atoms with Crippen molar-refractivity contribution in [3.05, 3.63) is 35.4 Å². The molecule has 3 aromatic heterocycles. The van der Waals surface area contributed by atoms with Crippen molar-refractivity contribution < 1.29 is 14.2 Å². The van der Waals surface area contributed by atoms with Crippen LogP contribution in [0.3, 0.4) is 0 Å². The number of hydrogen-bond acceptors (Lipinski definition) is 7. The number of aromatic nitrogens is 4. The Hall–Kier alpha value is -2.78. The number of aliphatic hydroxyl groups is 1. The van der Waals surface area contributed by atoms with Gasteiger partial charge in [-0.15, -0.1) is 0 Å². The maximum Gasteiger partial charge on any atom is 0.165 e. The highest BCUT2D eigenvalue weighted by Gasteiger charge is 2.32. The number of anilines is 1. The van der Waals surface area contributed by atoms with Crippen LogP contribution in [0.25, 0.3) is 17.0 Å². The Morgan fingerprint density at radius 2 is 1.91 bits per heavy atom. The van der Waals surface area contributed by atoms with E-state index in [1.54, 1.807) is 31.5 Å². The summed E-state index contributed by atoms with van der Waals surface area (Å²) < 4.78 is 20.7. The number of ether oxygens (including phenoxy) is 1. The molecule has 9 heteroatoms. The highest BCUT2D eigenvalue weighted by Crippen LogP contribution is 2.44. The van der Waals surface area contributed by atoms with E-state index in [1.165, 1.54) is 44.5 Å². The predicted octanol–water partition coefficient (Wildman–Crippen LogP) is 3.39. The summed E-state index contributed by atoms with van der Waals surface area (Å²) >= 11 is 0. The van der Waals surface area contributed by atoms with Crippen molar-refractivity contribution in [1.82, 2.24) is 24.9 Å². The first-order valence-electron chi connectivity index (χ1n) is 11.1. The molecule has 0 radical (unpaired) electrons.